The molecule has 0 heteroatoms. The van der Waals surface area contributed by atoms with Gasteiger partial charge < -0.3 is 0 Å². The van der Waals surface area contributed by atoms with Crippen molar-refractivity contribution in [2.24, 2.45) is 5.41 Å². The third-order valence-electron chi connectivity index (χ3n) is 3.56. The molecule has 1 aliphatic rings. The van der Waals surface area contributed by atoms with Gasteiger partial charge in [-0.15, -0.1) is 0 Å². The van der Waals surface area contributed by atoms with Gasteiger partial charge in [0.1, 0.15) is 0 Å². The van der Waals surface area contributed by atoms with E-state index in [1.807, 2.05) is 0 Å². The largest absolute Gasteiger partial charge is 0.0885 e. The highest BCUT2D eigenvalue weighted by molar-refractivity contribution is 4.87. The van der Waals surface area contributed by atoms with E-state index in [-0.39, 0.29) is 0 Å². The van der Waals surface area contributed by atoms with E-state index in [4.69, 9.17) is 0 Å². The van der Waals surface area contributed by atoms with Crippen molar-refractivity contribution in [2.45, 2.75) is 78.1 Å². The lowest BCUT2D eigenvalue weighted by atomic mass is 9.83. The van der Waals surface area contributed by atoms with E-state index in [2.05, 4.69) is 26.0 Å². The van der Waals surface area contributed by atoms with Crippen molar-refractivity contribution in [1.29, 1.82) is 0 Å². The van der Waals surface area contributed by atoms with E-state index in [9.17, 15) is 0 Å². The first kappa shape index (κ1) is 12.8. The molecule has 0 unspecified atom stereocenters. The molecule has 1 aliphatic carbocycles. The van der Waals surface area contributed by atoms with E-state index in [0.717, 1.165) is 0 Å². The predicted molar refractivity (Wildman–Crippen MR) is 69.1 cm³/mol. The van der Waals surface area contributed by atoms with Crippen LogP contribution in [0.3, 0.4) is 0 Å². The Morgan fingerprint density at radius 2 is 1.33 bits per heavy atom. The van der Waals surface area contributed by atoms with Crippen LogP contribution in [0.1, 0.15) is 78.1 Å². The standard InChI is InChI=1S/C15H28/c1-15(2)13-11-9-7-5-3-4-6-8-10-12-14-15/h9,11H,3-8,10,12-14H2,1-2H3. The SMILES string of the molecule is CC1(C)CC=CCCCCCCCCC1. The van der Waals surface area contributed by atoms with Crippen molar-refractivity contribution in [2.75, 3.05) is 0 Å². The Labute approximate surface area is 96.2 Å². The van der Waals surface area contributed by atoms with Crippen LogP contribution in [0.25, 0.3) is 0 Å². The second-order valence-electron chi connectivity index (χ2n) is 5.85. The first-order chi connectivity index (χ1) is 7.21. The molecule has 0 spiro atoms. The van der Waals surface area contributed by atoms with Gasteiger partial charge in [0.25, 0.3) is 0 Å². The summed E-state index contributed by atoms with van der Waals surface area (Å²) in [5.41, 5.74) is 0.532. The lowest BCUT2D eigenvalue weighted by Gasteiger charge is -2.22. The summed E-state index contributed by atoms with van der Waals surface area (Å²) >= 11 is 0. The van der Waals surface area contributed by atoms with Crippen LogP contribution in [0.5, 0.6) is 0 Å². The topological polar surface area (TPSA) is 0 Å². The van der Waals surface area contributed by atoms with Crippen LogP contribution in [0, 0.1) is 5.41 Å². The number of rotatable bonds is 0. The molecule has 15 heavy (non-hydrogen) atoms. The van der Waals surface area contributed by atoms with Crippen molar-refractivity contribution in [3.63, 3.8) is 0 Å². The van der Waals surface area contributed by atoms with Gasteiger partial charge in [-0.05, 0) is 31.1 Å². The summed E-state index contributed by atoms with van der Waals surface area (Å²) in [6.07, 6.45) is 18.9. The Balaban J connectivity index is 2.33. The minimum Gasteiger partial charge on any atom is -0.0885 e. The van der Waals surface area contributed by atoms with Gasteiger partial charge in [-0.2, -0.15) is 0 Å². The molecule has 0 aromatic rings. The molecule has 0 amide bonds. The van der Waals surface area contributed by atoms with Crippen LogP contribution in [0.2, 0.25) is 0 Å². The summed E-state index contributed by atoms with van der Waals surface area (Å²) in [4.78, 5) is 0. The smallest absolute Gasteiger partial charge is 0.0299 e. The van der Waals surface area contributed by atoms with Crippen LogP contribution in [-0.2, 0) is 0 Å². The Morgan fingerprint density at radius 1 is 0.733 bits per heavy atom. The van der Waals surface area contributed by atoms with Crippen molar-refractivity contribution in [3.05, 3.63) is 12.2 Å². The highest BCUT2D eigenvalue weighted by Gasteiger charge is 2.15. The fraction of sp³-hybridized carbons (Fsp3) is 0.867. The van der Waals surface area contributed by atoms with Crippen molar-refractivity contribution >= 4 is 0 Å². The average Bonchev–Trinajstić information content (AvgIpc) is 2.20. The fourth-order valence-electron chi connectivity index (χ4n) is 2.37. The highest BCUT2D eigenvalue weighted by Crippen LogP contribution is 2.28. The van der Waals surface area contributed by atoms with Crippen molar-refractivity contribution < 1.29 is 0 Å². The van der Waals surface area contributed by atoms with Gasteiger partial charge in [-0.1, -0.05) is 64.5 Å². The molecule has 0 radical (unpaired) electrons. The molecule has 0 aromatic carbocycles. The molecular formula is C15H28. The molecule has 0 aromatic heterocycles. The van der Waals surface area contributed by atoms with Gasteiger partial charge in [0.05, 0.1) is 0 Å². The van der Waals surface area contributed by atoms with Gasteiger partial charge in [0, 0.05) is 0 Å². The third-order valence-corrected chi connectivity index (χ3v) is 3.56. The van der Waals surface area contributed by atoms with Crippen molar-refractivity contribution in [3.8, 4) is 0 Å². The number of allylic oxidation sites excluding steroid dienone is 2. The first-order valence-corrected chi connectivity index (χ1v) is 6.86. The second kappa shape index (κ2) is 7.09. The summed E-state index contributed by atoms with van der Waals surface area (Å²) in [7, 11) is 0. The fourth-order valence-corrected chi connectivity index (χ4v) is 2.37. The number of hydrogen-bond acceptors (Lipinski definition) is 0. The zero-order valence-corrected chi connectivity index (χ0v) is 10.7. The van der Waals surface area contributed by atoms with Crippen LogP contribution in [0.4, 0.5) is 0 Å². The minimum absolute atomic E-state index is 0.532. The molecule has 1 rings (SSSR count). The first-order valence-electron chi connectivity index (χ1n) is 6.86. The molecule has 0 N–H and O–H groups in total. The van der Waals surface area contributed by atoms with E-state index in [1.54, 1.807) is 0 Å². The molecule has 0 fully saturated rings. The maximum absolute atomic E-state index is 2.41. The molecular weight excluding hydrogens is 180 g/mol. The molecule has 0 aliphatic heterocycles. The Kier molecular flexibility index (Phi) is 6.05. The van der Waals surface area contributed by atoms with E-state index >= 15 is 0 Å². The predicted octanol–water partition coefficient (Wildman–Crippen LogP) is 5.48. The van der Waals surface area contributed by atoms with Gasteiger partial charge >= 0.3 is 0 Å². The normalized spacial score (nSPS) is 24.9. The summed E-state index contributed by atoms with van der Waals surface area (Å²) < 4.78 is 0. The van der Waals surface area contributed by atoms with Gasteiger partial charge in [0.2, 0.25) is 0 Å². The van der Waals surface area contributed by atoms with Crippen LogP contribution < -0.4 is 0 Å². The van der Waals surface area contributed by atoms with Gasteiger partial charge in [0.15, 0.2) is 0 Å². The third kappa shape index (κ3) is 6.76. The second-order valence-corrected chi connectivity index (χ2v) is 5.85. The van der Waals surface area contributed by atoms with Gasteiger partial charge in [-0.25, -0.2) is 0 Å². The van der Waals surface area contributed by atoms with Crippen LogP contribution in [-0.4, -0.2) is 0 Å². The highest BCUT2D eigenvalue weighted by atomic mass is 14.2. The molecule has 0 heterocycles. The van der Waals surface area contributed by atoms with Crippen molar-refractivity contribution in [1.82, 2.24) is 0 Å². The zero-order valence-electron chi connectivity index (χ0n) is 10.7. The van der Waals surface area contributed by atoms with E-state index in [1.165, 1.54) is 64.2 Å². The molecule has 88 valence electrons. The Morgan fingerprint density at radius 3 is 2.07 bits per heavy atom. The Bertz CT molecular complexity index is 176. The zero-order chi connectivity index (χ0) is 11.0. The lowest BCUT2D eigenvalue weighted by Crippen LogP contribution is -2.09. The van der Waals surface area contributed by atoms with Crippen LogP contribution in [0.15, 0.2) is 12.2 Å². The molecule has 0 bridgehead atoms. The van der Waals surface area contributed by atoms with Crippen LogP contribution >= 0.6 is 0 Å². The quantitative estimate of drug-likeness (QED) is 0.462. The molecule has 0 saturated heterocycles. The van der Waals surface area contributed by atoms with E-state index in [0.29, 0.717) is 5.41 Å². The van der Waals surface area contributed by atoms with E-state index < -0.39 is 0 Å². The minimum atomic E-state index is 0.532. The summed E-state index contributed by atoms with van der Waals surface area (Å²) in [6, 6.07) is 0. The average molecular weight is 208 g/mol. The monoisotopic (exact) mass is 208 g/mol. The summed E-state index contributed by atoms with van der Waals surface area (Å²) in [5, 5.41) is 0. The number of hydrogen-bond donors (Lipinski definition) is 0. The maximum Gasteiger partial charge on any atom is -0.0299 e. The maximum atomic E-state index is 2.41. The summed E-state index contributed by atoms with van der Waals surface area (Å²) in [5.74, 6) is 0. The summed E-state index contributed by atoms with van der Waals surface area (Å²) in [6.45, 7) is 4.83. The van der Waals surface area contributed by atoms with Gasteiger partial charge in [-0.3, -0.25) is 0 Å². The Hall–Kier alpha value is -0.260. The molecule has 0 nitrogen and oxygen atoms in total. The lowest BCUT2D eigenvalue weighted by molar-refractivity contribution is 0.323. The molecule has 0 saturated carbocycles. The molecule has 0 atom stereocenters.